The molecule has 13 nitrogen and oxygen atoms in total. The summed E-state index contributed by atoms with van der Waals surface area (Å²) in [5.74, 6) is 1.77. The Morgan fingerprint density at radius 2 is 1.47 bits per heavy atom. The Kier molecular flexibility index (Phi) is 11.5. The molecule has 3 atom stereocenters. The van der Waals surface area contributed by atoms with E-state index in [2.05, 4.69) is 92.9 Å². The summed E-state index contributed by atoms with van der Waals surface area (Å²) in [5, 5.41) is 5.72. The lowest BCUT2D eigenvalue weighted by molar-refractivity contribution is -0.136. The highest BCUT2D eigenvalue weighted by molar-refractivity contribution is 5.86. The number of H-pyrrole nitrogens is 2. The molecule has 2 aromatic heterocycles. The summed E-state index contributed by atoms with van der Waals surface area (Å²) in [6.07, 6.45) is 6.16. The van der Waals surface area contributed by atoms with Crippen LogP contribution in [0.2, 0.25) is 0 Å². The van der Waals surface area contributed by atoms with Crippen molar-refractivity contribution >= 4 is 18.1 Å². The van der Waals surface area contributed by atoms with Gasteiger partial charge >= 0.3 is 12.2 Å². The minimum atomic E-state index is -0.633. The van der Waals surface area contributed by atoms with E-state index in [0.717, 1.165) is 71.8 Å². The maximum atomic E-state index is 13.1. The summed E-state index contributed by atoms with van der Waals surface area (Å²) in [4.78, 5) is 57.7. The molecule has 2 saturated heterocycles. The maximum absolute atomic E-state index is 13.1. The van der Waals surface area contributed by atoms with Crippen molar-refractivity contribution in [2.45, 2.75) is 90.6 Å². The second kappa shape index (κ2) is 16.2. The molecule has 2 fully saturated rings. The Morgan fingerprint density at radius 3 is 2.09 bits per heavy atom. The molecular formula is C40H52N8O5. The number of aromatic nitrogens is 4. The van der Waals surface area contributed by atoms with Crippen LogP contribution < -0.4 is 10.6 Å². The Hall–Kier alpha value is -5.17. The monoisotopic (exact) mass is 724 g/mol. The molecule has 3 unspecified atom stereocenters. The van der Waals surface area contributed by atoms with Crippen molar-refractivity contribution in [3.63, 3.8) is 0 Å². The predicted octanol–water partition coefficient (Wildman–Crippen LogP) is 6.67. The molecule has 53 heavy (non-hydrogen) atoms. The highest BCUT2D eigenvalue weighted by Gasteiger charge is 2.33. The Balaban J connectivity index is 1.05. The molecule has 0 saturated carbocycles. The van der Waals surface area contributed by atoms with Crippen LogP contribution in [0.15, 0.2) is 60.9 Å². The highest BCUT2D eigenvalue weighted by Crippen LogP contribution is 2.33. The van der Waals surface area contributed by atoms with E-state index in [1.54, 1.807) is 31.9 Å². The number of carbonyl (C=O) groups excluding carboxylic acids is 3. The van der Waals surface area contributed by atoms with Crippen molar-refractivity contribution in [3.05, 3.63) is 72.6 Å². The van der Waals surface area contributed by atoms with Gasteiger partial charge in [0.25, 0.3) is 0 Å². The van der Waals surface area contributed by atoms with Crippen LogP contribution in [0.4, 0.5) is 9.59 Å². The minimum Gasteiger partial charge on any atom is -0.453 e. The van der Waals surface area contributed by atoms with E-state index in [9.17, 15) is 14.4 Å². The number of methoxy groups -OCH3 is 1. The van der Waals surface area contributed by atoms with Crippen LogP contribution in [0.3, 0.4) is 0 Å². The number of hydrogen-bond donors (Lipinski definition) is 4. The fourth-order valence-electron chi connectivity index (χ4n) is 7.03. The zero-order valence-electron chi connectivity index (χ0n) is 31.6. The Morgan fingerprint density at radius 1 is 0.868 bits per heavy atom. The topological polar surface area (TPSA) is 158 Å². The van der Waals surface area contributed by atoms with Gasteiger partial charge in [-0.15, -0.1) is 0 Å². The lowest BCUT2D eigenvalue weighted by atomic mass is 10.0. The normalized spacial score (nSPS) is 18.6. The lowest BCUT2D eigenvalue weighted by Gasteiger charge is -2.32. The van der Waals surface area contributed by atoms with E-state index in [4.69, 9.17) is 14.5 Å². The van der Waals surface area contributed by atoms with Crippen molar-refractivity contribution < 1.29 is 23.9 Å². The number of benzene rings is 2. The summed E-state index contributed by atoms with van der Waals surface area (Å²) in [6.45, 7) is 12.2. The van der Waals surface area contributed by atoms with Gasteiger partial charge in [-0.3, -0.25) is 9.69 Å². The first kappa shape index (κ1) is 37.6. The molecule has 3 amide bonds. The Bertz CT molecular complexity index is 1860. The summed E-state index contributed by atoms with van der Waals surface area (Å²) in [5.41, 5.74) is 5.45. The number of likely N-dealkylation sites (tertiary alicyclic amines) is 2. The molecule has 0 aliphatic carbocycles. The van der Waals surface area contributed by atoms with E-state index >= 15 is 0 Å². The molecule has 0 spiro atoms. The molecule has 2 aromatic carbocycles. The number of nitrogens with one attached hydrogen (secondary N) is 4. The quantitative estimate of drug-likeness (QED) is 0.134. The third-order valence-electron chi connectivity index (χ3n) is 9.92. The second-order valence-corrected chi connectivity index (χ2v) is 15.3. The smallest absolute Gasteiger partial charge is 0.408 e. The molecule has 2 aliphatic rings. The number of piperidine rings is 1. The van der Waals surface area contributed by atoms with Crippen molar-refractivity contribution in [2.24, 2.45) is 5.92 Å². The van der Waals surface area contributed by atoms with Crippen LogP contribution in [-0.4, -0.2) is 92.3 Å². The predicted molar refractivity (Wildman–Crippen MR) is 203 cm³/mol. The number of alkyl carbamates (subject to hydrolysis) is 2. The molecule has 4 N–H and O–H groups in total. The van der Waals surface area contributed by atoms with Crippen molar-refractivity contribution in [2.75, 3.05) is 26.7 Å². The van der Waals surface area contributed by atoms with Gasteiger partial charge in [-0.2, -0.15) is 0 Å². The molecule has 4 aromatic rings. The molecule has 2 aliphatic heterocycles. The van der Waals surface area contributed by atoms with Crippen LogP contribution >= 0.6 is 0 Å². The number of hydrogen-bond acceptors (Lipinski definition) is 8. The van der Waals surface area contributed by atoms with Crippen LogP contribution in [-0.2, 0) is 20.8 Å². The third kappa shape index (κ3) is 9.44. The number of rotatable bonds is 11. The number of aromatic amines is 2. The first-order valence-electron chi connectivity index (χ1n) is 18.5. The van der Waals surface area contributed by atoms with Crippen LogP contribution in [0, 0.1) is 5.92 Å². The number of imidazole rings is 2. The summed E-state index contributed by atoms with van der Waals surface area (Å²) in [7, 11) is 1.39. The molecule has 6 rings (SSSR count). The SMILES string of the molecule is COC(=O)NC(CN1CCCC1c1ncc(-c2ccc(-c3ccc(-c4cnc(CN5CCCC(NC(=O)OC(C)(C)C)C5=O)[nH]4)cc3)cc2)[nH]1)C(C)C. The van der Waals surface area contributed by atoms with Gasteiger partial charge in [0, 0.05) is 19.1 Å². The van der Waals surface area contributed by atoms with Crippen LogP contribution in [0.5, 0.6) is 0 Å². The van der Waals surface area contributed by atoms with E-state index in [-0.39, 0.29) is 23.9 Å². The molecular weight excluding hydrogens is 672 g/mol. The number of ether oxygens (including phenoxy) is 2. The average molecular weight is 725 g/mol. The molecule has 0 bridgehead atoms. The van der Waals surface area contributed by atoms with E-state index in [1.807, 2.05) is 6.20 Å². The standard InChI is InChI=1S/C40H52N8O5/c1-25(2)33(46-38(50)52-6)23-47-19-8-10-34(47)36-42-22-32(44-36)29-17-13-27(14-18-29)26-11-15-28(16-12-26)31-21-41-35(43-31)24-48-20-7-9-30(37(48)49)45-39(51)53-40(3,4)5/h11-18,21-22,25,30,33-34H,7-10,19-20,23-24H2,1-6H3,(H,41,43)(H,42,44)(H,45,51)(H,46,50). The number of nitrogens with zero attached hydrogens (tertiary/aromatic N) is 4. The zero-order valence-corrected chi connectivity index (χ0v) is 31.6. The number of carbonyl (C=O) groups is 3. The molecule has 282 valence electrons. The first-order chi connectivity index (χ1) is 25.4. The van der Waals surface area contributed by atoms with E-state index in [1.165, 1.54) is 7.11 Å². The number of amides is 3. The highest BCUT2D eigenvalue weighted by atomic mass is 16.6. The first-order valence-corrected chi connectivity index (χ1v) is 18.5. The van der Waals surface area contributed by atoms with Gasteiger partial charge in [0.1, 0.15) is 23.3 Å². The van der Waals surface area contributed by atoms with Gasteiger partial charge in [-0.1, -0.05) is 62.4 Å². The lowest BCUT2D eigenvalue weighted by Crippen LogP contribution is -2.52. The minimum absolute atomic E-state index is 0.0153. The largest absolute Gasteiger partial charge is 0.453 e. The Labute approximate surface area is 311 Å². The van der Waals surface area contributed by atoms with Gasteiger partial charge in [0.15, 0.2) is 0 Å². The van der Waals surface area contributed by atoms with Gasteiger partial charge in [0.05, 0.1) is 43.5 Å². The van der Waals surface area contributed by atoms with Crippen LogP contribution in [0.1, 0.15) is 78.0 Å². The maximum Gasteiger partial charge on any atom is 0.408 e. The van der Waals surface area contributed by atoms with Crippen molar-refractivity contribution in [1.29, 1.82) is 0 Å². The van der Waals surface area contributed by atoms with Crippen molar-refractivity contribution in [3.8, 4) is 33.6 Å². The van der Waals surface area contributed by atoms with Crippen molar-refractivity contribution in [1.82, 2.24) is 40.4 Å². The van der Waals surface area contributed by atoms with Gasteiger partial charge in [-0.05, 0) is 81.2 Å². The fraction of sp³-hybridized carbons (Fsp3) is 0.475. The summed E-state index contributed by atoms with van der Waals surface area (Å²) in [6, 6.07) is 16.3. The third-order valence-corrected chi connectivity index (χ3v) is 9.92. The second-order valence-electron chi connectivity index (χ2n) is 15.3. The van der Waals surface area contributed by atoms with E-state index < -0.39 is 23.8 Å². The summed E-state index contributed by atoms with van der Waals surface area (Å²) >= 11 is 0. The molecule has 0 radical (unpaired) electrons. The van der Waals surface area contributed by atoms with Gasteiger partial charge < -0.3 is 35.0 Å². The van der Waals surface area contributed by atoms with Gasteiger partial charge in [-0.25, -0.2) is 19.6 Å². The zero-order chi connectivity index (χ0) is 37.7. The molecule has 13 heteroatoms. The van der Waals surface area contributed by atoms with Gasteiger partial charge in [0.2, 0.25) is 5.91 Å². The molecule has 4 heterocycles. The fourth-order valence-corrected chi connectivity index (χ4v) is 7.03. The van der Waals surface area contributed by atoms with Crippen LogP contribution in [0.25, 0.3) is 33.6 Å². The summed E-state index contributed by atoms with van der Waals surface area (Å²) < 4.78 is 10.2. The average Bonchev–Trinajstić information content (AvgIpc) is 3.91. The van der Waals surface area contributed by atoms with E-state index in [0.29, 0.717) is 25.3 Å².